The number of piperidine rings is 1. The number of carbonyl (C=O) groups is 1. The molecule has 0 radical (unpaired) electrons. The molecule has 1 aromatic heterocycles. The maximum Gasteiger partial charge on any atom is 0.310 e. The summed E-state index contributed by atoms with van der Waals surface area (Å²) in [5, 5.41) is 12.6. The lowest BCUT2D eigenvalue weighted by Gasteiger charge is -2.37. The Labute approximate surface area is 118 Å². The maximum absolute atomic E-state index is 11.3. The average molecular weight is 282 g/mol. The summed E-state index contributed by atoms with van der Waals surface area (Å²) in [7, 11) is 0. The highest BCUT2D eigenvalue weighted by atomic mass is 32.1. The molecule has 2 heterocycles. The van der Waals surface area contributed by atoms with Crippen LogP contribution in [0.4, 0.5) is 0 Å². The zero-order chi connectivity index (χ0) is 13.9. The fourth-order valence-electron chi connectivity index (χ4n) is 2.63. The van der Waals surface area contributed by atoms with Crippen molar-refractivity contribution in [1.29, 1.82) is 0 Å². The van der Waals surface area contributed by atoms with Crippen LogP contribution in [0.5, 0.6) is 0 Å². The first-order valence-corrected chi connectivity index (χ1v) is 7.80. The molecule has 1 fully saturated rings. The molecule has 0 amide bonds. The number of aliphatic carboxylic acids is 1. The summed E-state index contributed by atoms with van der Waals surface area (Å²) in [4.78, 5) is 18.2. The van der Waals surface area contributed by atoms with E-state index in [1.54, 1.807) is 11.3 Å². The normalized spacial score (nSPS) is 24.5. The highest BCUT2D eigenvalue weighted by Crippen LogP contribution is 2.30. The van der Waals surface area contributed by atoms with Crippen LogP contribution in [0.1, 0.15) is 43.8 Å². The topological polar surface area (TPSA) is 53.4 Å². The smallest absolute Gasteiger partial charge is 0.310 e. The van der Waals surface area contributed by atoms with Crippen molar-refractivity contribution in [1.82, 2.24) is 9.88 Å². The maximum atomic E-state index is 11.3. The molecule has 0 aromatic carbocycles. The van der Waals surface area contributed by atoms with E-state index in [0.29, 0.717) is 6.54 Å². The third-order valence-corrected chi connectivity index (χ3v) is 4.70. The molecule has 106 valence electrons. The standard InChI is InChI=1S/C14H22N2O2S/c1-3-5-12-15-11(9-19-12)8-16-7-4-6-14(2,10-16)13(17)18/h9H,3-8,10H2,1-2H3,(H,17,18). The van der Waals surface area contributed by atoms with E-state index in [1.807, 2.05) is 6.92 Å². The minimum atomic E-state index is -0.679. The van der Waals surface area contributed by atoms with Gasteiger partial charge in [-0.25, -0.2) is 4.98 Å². The summed E-state index contributed by atoms with van der Waals surface area (Å²) in [5.74, 6) is -0.679. The lowest BCUT2D eigenvalue weighted by molar-refractivity contribution is -0.151. The summed E-state index contributed by atoms with van der Waals surface area (Å²) >= 11 is 1.71. The Kier molecular flexibility index (Phi) is 4.58. The molecule has 0 aliphatic carbocycles. The Hall–Kier alpha value is -0.940. The van der Waals surface area contributed by atoms with Crippen molar-refractivity contribution >= 4 is 17.3 Å². The summed E-state index contributed by atoms with van der Waals surface area (Å²) < 4.78 is 0. The van der Waals surface area contributed by atoms with E-state index in [2.05, 4.69) is 22.2 Å². The predicted octanol–water partition coefficient (Wildman–Crippen LogP) is 2.78. The fraction of sp³-hybridized carbons (Fsp3) is 0.714. The predicted molar refractivity (Wildman–Crippen MR) is 76.4 cm³/mol. The fourth-order valence-corrected chi connectivity index (χ4v) is 3.52. The second-order valence-corrected chi connectivity index (χ2v) is 6.61. The number of carboxylic acids is 1. The van der Waals surface area contributed by atoms with E-state index in [0.717, 1.165) is 44.5 Å². The van der Waals surface area contributed by atoms with Gasteiger partial charge < -0.3 is 5.11 Å². The number of likely N-dealkylation sites (tertiary alicyclic amines) is 1. The van der Waals surface area contributed by atoms with Crippen LogP contribution in [0.3, 0.4) is 0 Å². The van der Waals surface area contributed by atoms with Crippen molar-refractivity contribution in [3.63, 3.8) is 0 Å². The molecule has 1 aromatic rings. The summed E-state index contributed by atoms with van der Waals surface area (Å²) in [5.41, 5.74) is 0.489. The number of thiazole rings is 1. The van der Waals surface area contributed by atoms with Gasteiger partial charge in [0, 0.05) is 18.5 Å². The van der Waals surface area contributed by atoms with Gasteiger partial charge in [-0.05, 0) is 39.2 Å². The van der Waals surface area contributed by atoms with E-state index < -0.39 is 11.4 Å². The number of carboxylic acid groups (broad SMARTS) is 1. The zero-order valence-electron chi connectivity index (χ0n) is 11.7. The third kappa shape index (κ3) is 3.54. The van der Waals surface area contributed by atoms with Crippen LogP contribution >= 0.6 is 11.3 Å². The number of nitrogens with zero attached hydrogens (tertiary/aromatic N) is 2. The van der Waals surface area contributed by atoms with Gasteiger partial charge in [-0.1, -0.05) is 6.92 Å². The van der Waals surface area contributed by atoms with Crippen LogP contribution in [0, 0.1) is 5.41 Å². The van der Waals surface area contributed by atoms with Gasteiger partial charge in [0.2, 0.25) is 0 Å². The number of hydrogen-bond acceptors (Lipinski definition) is 4. The van der Waals surface area contributed by atoms with Crippen molar-refractivity contribution < 1.29 is 9.90 Å². The van der Waals surface area contributed by atoms with Gasteiger partial charge in [0.1, 0.15) is 0 Å². The van der Waals surface area contributed by atoms with Crippen LogP contribution in [0.15, 0.2) is 5.38 Å². The summed E-state index contributed by atoms with van der Waals surface area (Å²) in [6.07, 6.45) is 3.89. The van der Waals surface area contributed by atoms with Crippen molar-refractivity contribution in [2.24, 2.45) is 5.41 Å². The van der Waals surface area contributed by atoms with E-state index in [-0.39, 0.29) is 0 Å². The van der Waals surface area contributed by atoms with Crippen molar-refractivity contribution in [2.45, 2.75) is 46.1 Å². The number of aryl methyl sites for hydroxylation is 1. The minimum absolute atomic E-state index is 0.597. The first-order chi connectivity index (χ1) is 9.03. The van der Waals surface area contributed by atoms with Gasteiger partial charge >= 0.3 is 5.97 Å². The second kappa shape index (κ2) is 6.01. The molecule has 0 bridgehead atoms. The van der Waals surface area contributed by atoms with Crippen molar-refractivity contribution in [3.8, 4) is 0 Å². The van der Waals surface area contributed by atoms with Gasteiger partial charge in [0.05, 0.1) is 16.1 Å². The van der Waals surface area contributed by atoms with Gasteiger partial charge in [-0.2, -0.15) is 0 Å². The van der Waals surface area contributed by atoms with Crippen LogP contribution in [0.2, 0.25) is 0 Å². The Balaban J connectivity index is 1.96. The Bertz CT molecular complexity index is 446. The lowest BCUT2D eigenvalue weighted by Crippen LogP contribution is -2.45. The molecule has 1 aliphatic rings. The van der Waals surface area contributed by atoms with E-state index in [1.165, 1.54) is 5.01 Å². The molecule has 1 aliphatic heterocycles. The molecule has 2 rings (SSSR count). The quantitative estimate of drug-likeness (QED) is 0.902. The van der Waals surface area contributed by atoms with Gasteiger partial charge in [-0.3, -0.25) is 9.69 Å². The Morgan fingerprint density at radius 2 is 2.42 bits per heavy atom. The molecule has 1 N–H and O–H groups in total. The third-order valence-electron chi connectivity index (χ3n) is 3.74. The number of rotatable bonds is 5. The molecule has 0 spiro atoms. The van der Waals surface area contributed by atoms with E-state index in [9.17, 15) is 9.90 Å². The molecule has 1 atom stereocenters. The van der Waals surface area contributed by atoms with Crippen LogP contribution in [-0.2, 0) is 17.8 Å². The first kappa shape index (κ1) is 14.5. The van der Waals surface area contributed by atoms with Crippen molar-refractivity contribution in [2.75, 3.05) is 13.1 Å². The van der Waals surface area contributed by atoms with E-state index in [4.69, 9.17) is 0 Å². The van der Waals surface area contributed by atoms with Gasteiger partial charge in [-0.15, -0.1) is 11.3 Å². The molecule has 1 saturated heterocycles. The van der Waals surface area contributed by atoms with E-state index >= 15 is 0 Å². The monoisotopic (exact) mass is 282 g/mol. The lowest BCUT2D eigenvalue weighted by atomic mass is 9.82. The van der Waals surface area contributed by atoms with Crippen LogP contribution < -0.4 is 0 Å². The molecular weight excluding hydrogens is 260 g/mol. The molecule has 4 nitrogen and oxygen atoms in total. The second-order valence-electron chi connectivity index (χ2n) is 5.66. The molecule has 1 unspecified atom stereocenters. The molecule has 19 heavy (non-hydrogen) atoms. The zero-order valence-corrected chi connectivity index (χ0v) is 12.5. The summed E-state index contributed by atoms with van der Waals surface area (Å²) in [6.45, 7) is 6.39. The Morgan fingerprint density at radius 3 is 3.11 bits per heavy atom. The Morgan fingerprint density at radius 1 is 1.63 bits per heavy atom. The van der Waals surface area contributed by atoms with Gasteiger partial charge in [0.25, 0.3) is 0 Å². The average Bonchev–Trinajstić information content (AvgIpc) is 2.77. The van der Waals surface area contributed by atoms with Crippen molar-refractivity contribution in [3.05, 3.63) is 16.1 Å². The number of hydrogen-bond donors (Lipinski definition) is 1. The first-order valence-electron chi connectivity index (χ1n) is 6.92. The molecular formula is C14H22N2O2S. The van der Waals surface area contributed by atoms with Crippen LogP contribution in [0.25, 0.3) is 0 Å². The highest BCUT2D eigenvalue weighted by molar-refractivity contribution is 7.09. The summed E-state index contributed by atoms with van der Waals surface area (Å²) in [6, 6.07) is 0. The largest absolute Gasteiger partial charge is 0.481 e. The minimum Gasteiger partial charge on any atom is -0.481 e. The van der Waals surface area contributed by atoms with Gasteiger partial charge in [0.15, 0.2) is 0 Å². The number of aromatic nitrogens is 1. The molecule has 0 saturated carbocycles. The molecule has 5 heteroatoms. The van der Waals surface area contributed by atoms with Crippen LogP contribution in [-0.4, -0.2) is 34.0 Å². The highest BCUT2D eigenvalue weighted by Gasteiger charge is 2.37. The SMILES string of the molecule is CCCc1nc(CN2CCCC(C)(C(=O)O)C2)cs1.